The van der Waals surface area contributed by atoms with Crippen molar-refractivity contribution in [1.82, 2.24) is 9.97 Å². The predicted molar refractivity (Wildman–Crippen MR) is 72.2 cm³/mol. The lowest BCUT2D eigenvalue weighted by Crippen LogP contribution is -2.47. The second-order valence-electron chi connectivity index (χ2n) is 4.81. The lowest BCUT2D eigenvalue weighted by atomic mass is 9.99. The molecule has 8 heteroatoms. The molecule has 0 amide bonds. The second kappa shape index (κ2) is 6.48. The van der Waals surface area contributed by atoms with Crippen molar-refractivity contribution in [3.8, 4) is 0 Å². The summed E-state index contributed by atoms with van der Waals surface area (Å²) < 4.78 is 0. The van der Waals surface area contributed by atoms with Crippen molar-refractivity contribution in [2.24, 2.45) is 0 Å². The highest BCUT2D eigenvalue weighted by Crippen LogP contribution is 2.21. The van der Waals surface area contributed by atoms with Crippen LogP contribution in [0.25, 0.3) is 11.0 Å². The Hall–Kier alpha value is -1.55. The molecule has 0 saturated carbocycles. The van der Waals surface area contributed by atoms with Crippen molar-refractivity contribution < 1.29 is 30.6 Å². The minimum absolute atomic E-state index is 0.0217. The van der Waals surface area contributed by atoms with Crippen LogP contribution in [0.2, 0.25) is 0 Å². The fourth-order valence-corrected chi connectivity index (χ4v) is 2.00. The number of aromatic nitrogens is 2. The van der Waals surface area contributed by atoms with Gasteiger partial charge in [0.15, 0.2) is 0 Å². The highest BCUT2D eigenvalue weighted by Gasteiger charge is 2.35. The highest BCUT2D eigenvalue weighted by molar-refractivity contribution is 5.74. The van der Waals surface area contributed by atoms with E-state index in [0.717, 1.165) is 0 Å². The van der Waals surface area contributed by atoms with Crippen molar-refractivity contribution in [3.63, 3.8) is 0 Å². The van der Waals surface area contributed by atoms with Crippen LogP contribution in [0.4, 0.5) is 0 Å². The maximum Gasteiger partial charge on any atom is 0.140 e. The van der Waals surface area contributed by atoms with Gasteiger partial charge in [0, 0.05) is 0 Å². The van der Waals surface area contributed by atoms with Gasteiger partial charge in [0.25, 0.3) is 0 Å². The molecule has 0 aliphatic rings. The fraction of sp³-hybridized carbons (Fsp3) is 0.462. The largest absolute Gasteiger partial charge is 0.394 e. The van der Waals surface area contributed by atoms with E-state index >= 15 is 0 Å². The van der Waals surface area contributed by atoms with Crippen LogP contribution in [0.5, 0.6) is 0 Å². The normalized spacial score (nSPS) is 19.1. The van der Waals surface area contributed by atoms with Gasteiger partial charge in [-0.05, 0) is 12.1 Å². The lowest BCUT2D eigenvalue weighted by Gasteiger charge is -2.27. The molecule has 1 aromatic carbocycles. The maximum absolute atomic E-state index is 10.0. The zero-order valence-corrected chi connectivity index (χ0v) is 11.0. The van der Waals surface area contributed by atoms with E-state index in [1.165, 1.54) is 0 Å². The van der Waals surface area contributed by atoms with Crippen LogP contribution in [-0.4, -0.2) is 71.6 Å². The third kappa shape index (κ3) is 3.21. The van der Waals surface area contributed by atoms with Crippen LogP contribution in [0.3, 0.4) is 0 Å². The van der Waals surface area contributed by atoms with Gasteiger partial charge in [-0.25, -0.2) is 4.98 Å². The smallest absolute Gasteiger partial charge is 0.140 e. The van der Waals surface area contributed by atoms with Gasteiger partial charge in [-0.2, -0.15) is 0 Å². The Labute approximate surface area is 119 Å². The van der Waals surface area contributed by atoms with Gasteiger partial charge in [-0.3, -0.25) is 0 Å². The molecule has 0 aliphatic heterocycles. The number of nitrogens with one attached hydrogen (secondary N) is 1. The molecule has 0 unspecified atom stereocenters. The number of para-hydroxylation sites is 2. The topological polar surface area (TPSA) is 150 Å². The minimum Gasteiger partial charge on any atom is -0.394 e. The van der Waals surface area contributed by atoms with E-state index in [4.69, 9.17) is 5.11 Å². The van der Waals surface area contributed by atoms with E-state index in [-0.39, 0.29) is 5.82 Å². The second-order valence-corrected chi connectivity index (χ2v) is 4.81. The first-order chi connectivity index (χ1) is 9.95. The molecule has 5 atom stereocenters. The van der Waals surface area contributed by atoms with Gasteiger partial charge in [-0.15, -0.1) is 0 Å². The molecule has 116 valence electrons. The number of nitrogens with zero attached hydrogens (tertiary/aromatic N) is 1. The van der Waals surface area contributed by atoms with Crippen LogP contribution in [0, 0.1) is 0 Å². The summed E-state index contributed by atoms with van der Waals surface area (Å²) in [6, 6.07) is 6.95. The maximum atomic E-state index is 10.0. The molecule has 7 N–H and O–H groups in total. The minimum atomic E-state index is -1.85. The summed E-state index contributed by atoms with van der Waals surface area (Å²) in [4.78, 5) is 6.86. The molecule has 0 radical (unpaired) electrons. The van der Waals surface area contributed by atoms with Crippen LogP contribution in [-0.2, 0) is 0 Å². The van der Waals surface area contributed by atoms with E-state index in [1.54, 1.807) is 24.3 Å². The van der Waals surface area contributed by atoms with Gasteiger partial charge in [0.2, 0.25) is 0 Å². The summed E-state index contributed by atoms with van der Waals surface area (Å²) in [5.74, 6) is 0.0217. The van der Waals surface area contributed by atoms with Crippen molar-refractivity contribution in [2.45, 2.75) is 30.5 Å². The number of fused-ring (bicyclic) bond motifs is 1. The monoisotopic (exact) mass is 298 g/mol. The number of aliphatic hydroxyl groups excluding tert-OH is 6. The fourth-order valence-electron chi connectivity index (χ4n) is 2.00. The van der Waals surface area contributed by atoms with E-state index in [2.05, 4.69) is 9.97 Å². The molecular formula is C13H18N2O6. The zero-order chi connectivity index (χ0) is 15.6. The van der Waals surface area contributed by atoms with Gasteiger partial charge in [-0.1, -0.05) is 12.1 Å². The molecule has 8 nitrogen and oxygen atoms in total. The molecule has 0 fully saturated rings. The highest BCUT2D eigenvalue weighted by atomic mass is 16.4. The molecule has 0 saturated heterocycles. The molecule has 0 bridgehead atoms. The molecule has 21 heavy (non-hydrogen) atoms. The number of imidazole rings is 1. The number of benzene rings is 1. The number of H-pyrrole nitrogens is 1. The average Bonchev–Trinajstić information content (AvgIpc) is 2.95. The Morgan fingerprint density at radius 2 is 1.62 bits per heavy atom. The van der Waals surface area contributed by atoms with Crippen molar-refractivity contribution >= 4 is 11.0 Å². The van der Waals surface area contributed by atoms with E-state index in [9.17, 15) is 25.5 Å². The van der Waals surface area contributed by atoms with Crippen LogP contribution in [0.15, 0.2) is 24.3 Å². The summed E-state index contributed by atoms with van der Waals surface area (Å²) in [7, 11) is 0. The number of aromatic amines is 1. The van der Waals surface area contributed by atoms with Gasteiger partial charge < -0.3 is 35.6 Å². The van der Waals surface area contributed by atoms with Crippen LogP contribution < -0.4 is 0 Å². The number of rotatable bonds is 6. The van der Waals surface area contributed by atoms with Crippen molar-refractivity contribution in [1.29, 1.82) is 0 Å². The zero-order valence-electron chi connectivity index (χ0n) is 11.0. The van der Waals surface area contributed by atoms with Gasteiger partial charge in [0.1, 0.15) is 36.3 Å². The Kier molecular flexibility index (Phi) is 4.88. The number of hydrogen-bond acceptors (Lipinski definition) is 7. The third-order valence-electron chi connectivity index (χ3n) is 3.29. The van der Waals surface area contributed by atoms with E-state index in [0.29, 0.717) is 11.0 Å². The Bertz CT molecular complexity index is 556. The Morgan fingerprint density at radius 1 is 0.952 bits per heavy atom. The molecule has 0 spiro atoms. The molecule has 1 aromatic heterocycles. The Balaban J connectivity index is 2.16. The lowest BCUT2D eigenvalue weighted by molar-refractivity contribution is -0.142. The summed E-state index contributed by atoms with van der Waals surface area (Å²) in [6.07, 6.45) is -8.66. The van der Waals surface area contributed by atoms with Crippen LogP contribution >= 0.6 is 0 Å². The quantitative estimate of drug-likeness (QED) is 0.327. The van der Waals surface area contributed by atoms with E-state index in [1.807, 2.05) is 0 Å². The van der Waals surface area contributed by atoms with Gasteiger partial charge in [0.05, 0.1) is 17.6 Å². The van der Waals surface area contributed by atoms with Crippen molar-refractivity contribution in [2.75, 3.05) is 6.61 Å². The van der Waals surface area contributed by atoms with Crippen molar-refractivity contribution in [3.05, 3.63) is 30.1 Å². The Morgan fingerprint density at radius 3 is 2.24 bits per heavy atom. The van der Waals surface area contributed by atoms with Gasteiger partial charge >= 0.3 is 0 Å². The van der Waals surface area contributed by atoms with Crippen LogP contribution in [0.1, 0.15) is 11.9 Å². The summed E-state index contributed by atoms with van der Waals surface area (Å²) in [6.45, 7) is -0.786. The predicted octanol–water partition coefficient (Wildman–Crippen LogP) is -1.97. The molecule has 1 heterocycles. The molecule has 0 aliphatic carbocycles. The third-order valence-corrected chi connectivity index (χ3v) is 3.29. The summed E-state index contributed by atoms with van der Waals surface area (Å²) in [5, 5.41) is 57.1. The first-order valence-electron chi connectivity index (χ1n) is 6.41. The summed E-state index contributed by atoms with van der Waals surface area (Å²) in [5.41, 5.74) is 1.22. The SMILES string of the molecule is OC[C@H](O)[C@H](O)[C@H](O)[C@@H](O)[C@H](O)c1nc2ccccc2[nH]1. The summed E-state index contributed by atoms with van der Waals surface area (Å²) >= 11 is 0. The first kappa shape index (κ1) is 15.8. The molecule has 2 rings (SSSR count). The van der Waals surface area contributed by atoms with E-state index < -0.39 is 37.1 Å². The molecular weight excluding hydrogens is 280 g/mol. The standard InChI is InChI=1S/C13H18N2O6/c16-5-8(17)9(18)10(19)11(20)12(21)13-14-6-3-1-2-4-7(6)15-13/h1-4,8-12,16-21H,5H2,(H,14,15)/t8-,9-,10-,11+,12-/m0/s1. The number of hydrogen-bond donors (Lipinski definition) is 7. The first-order valence-corrected chi connectivity index (χ1v) is 6.41. The average molecular weight is 298 g/mol. The number of aliphatic hydroxyl groups is 6. The molecule has 2 aromatic rings.